The maximum absolute atomic E-state index is 11.9. The highest BCUT2D eigenvalue weighted by Crippen LogP contribution is 2.21. The molecule has 3 heteroatoms. The number of ether oxygens (including phenoxy) is 2. The van der Waals surface area contributed by atoms with Crippen LogP contribution >= 0.6 is 0 Å². The summed E-state index contributed by atoms with van der Waals surface area (Å²) in [5.41, 5.74) is 0.552. The maximum Gasteiger partial charge on any atom is 0.343 e. The highest BCUT2D eigenvalue weighted by molar-refractivity contribution is 5.92. The average molecular weight is 406 g/mol. The second-order valence-corrected chi connectivity index (χ2v) is 6.98. The van der Waals surface area contributed by atoms with Crippen molar-refractivity contribution in [2.45, 2.75) is 0 Å². The third-order valence-corrected chi connectivity index (χ3v) is 4.90. The van der Waals surface area contributed by atoms with Gasteiger partial charge in [-0.2, -0.15) is 0 Å². The summed E-state index contributed by atoms with van der Waals surface area (Å²) in [5, 5.41) is 4.65. The molecule has 0 bridgehead atoms. The van der Waals surface area contributed by atoms with Crippen LogP contribution in [-0.2, 0) is 0 Å². The Morgan fingerprint density at radius 2 is 1.03 bits per heavy atom. The van der Waals surface area contributed by atoms with E-state index in [1.54, 1.807) is 19.2 Å². The van der Waals surface area contributed by atoms with Crippen LogP contribution in [-0.4, -0.2) is 13.1 Å². The number of methoxy groups -OCH3 is 1. The van der Waals surface area contributed by atoms with Crippen molar-refractivity contribution in [3.63, 3.8) is 0 Å². The van der Waals surface area contributed by atoms with E-state index in [0.29, 0.717) is 11.3 Å². The second-order valence-electron chi connectivity index (χ2n) is 6.98. The predicted molar refractivity (Wildman–Crippen MR) is 126 cm³/mol. The summed E-state index contributed by atoms with van der Waals surface area (Å²) in [6.45, 7) is 0. The Morgan fingerprint density at radius 3 is 1.61 bits per heavy atom. The highest BCUT2D eigenvalue weighted by Gasteiger charge is 2.07. The van der Waals surface area contributed by atoms with Crippen molar-refractivity contribution in [2.75, 3.05) is 7.11 Å². The number of fused-ring (bicyclic) bond motifs is 2. The summed E-state index contributed by atoms with van der Waals surface area (Å²) in [4.78, 5) is 11.9. The van der Waals surface area contributed by atoms with Gasteiger partial charge in [-0.15, -0.1) is 0 Å². The average Bonchev–Trinajstić information content (AvgIpc) is 2.84. The molecule has 0 unspecified atom stereocenters. The number of carbonyl (C=O) groups is 1. The van der Waals surface area contributed by atoms with Crippen LogP contribution in [0.3, 0.4) is 0 Å². The first-order chi connectivity index (χ1) is 15.2. The van der Waals surface area contributed by atoms with Crippen molar-refractivity contribution in [1.82, 2.24) is 0 Å². The van der Waals surface area contributed by atoms with E-state index in [9.17, 15) is 4.79 Å². The minimum atomic E-state index is -0.337. The molecular formula is C28H22O3. The number of hydrogen-bond donors (Lipinski definition) is 0. The van der Waals surface area contributed by atoms with E-state index in [1.807, 2.05) is 84.9 Å². The van der Waals surface area contributed by atoms with Gasteiger partial charge in [0.05, 0.1) is 12.7 Å². The van der Waals surface area contributed by atoms with E-state index in [2.05, 4.69) is 18.2 Å². The molecule has 0 saturated heterocycles. The molecule has 0 aliphatic rings. The summed E-state index contributed by atoms with van der Waals surface area (Å²) in [6, 6.07) is 36.9. The first-order valence-corrected chi connectivity index (χ1v) is 10.0. The van der Waals surface area contributed by atoms with Gasteiger partial charge in [0, 0.05) is 0 Å². The van der Waals surface area contributed by atoms with Gasteiger partial charge in [0.1, 0.15) is 11.5 Å². The number of carbonyl (C=O) groups excluding carboxylic acids is 1. The fourth-order valence-electron chi connectivity index (χ4n) is 3.27. The molecule has 0 aliphatic heterocycles. The molecule has 0 spiro atoms. The van der Waals surface area contributed by atoms with Crippen LogP contribution in [0, 0.1) is 0 Å². The Bertz CT molecular complexity index is 1310. The van der Waals surface area contributed by atoms with Gasteiger partial charge in [0.25, 0.3) is 0 Å². The molecule has 0 aromatic heterocycles. The first kappa shape index (κ1) is 20.2. The Balaban J connectivity index is 0.000000166. The quantitative estimate of drug-likeness (QED) is 0.241. The SMILES string of the molecule is COc1ccc2ccccc2c1.O=C(Oc1ccc2ccccc2c1)c1ccccc1. The molecule has 0 atom stereocenters. The van der Waals surface area contributed by atoms with Crippen molar-refractivity contribution in [3.05, 3.63) is 121 Å². The molecule has 0 N–H and O–H groups in total. The molecule has 0 heterocycles. The molecule has 0 amide bonds. The molecule has 5 aromatic rings. The molecule has 5 rings (SSSR count). The number of hydrogen-bond acceptors (Lipinski definition) is 3. The number of rotatable bonds is 3. The van der Waals surface area contributed by atoms with Crippen molar-refractivity contribution < 1.29 is 14.3 Å². The van der Waals surface area contributed by atoms with E-state index >= 15 is 0 Å². The Labute approximate surface area is 181 Å². The Hall–Kier alpha value is -4.11. The number of esters is 1. The van der Waals surface area contributed by atoms with Crippen LogP contribution in [0.25, 0.3) is 21.5 Å². The fourth-order valence-corrected chi connectivity index (χ4v) is 3.27. The van der Waals surface area contributed by atoms with Gasteiger partial charge in [-0.25, -0.2) is 4.79 Å². The third-order valence-electron chi connectivity index (χ3n) is 4.90. The first-order valence-electron chi connectivity index (χ1n) is 10.0. The zero-order valence-corrected chi connectivity index (χ0v) is 17.2. The summed E-state index contributed by atoms with van der Waals surface area (Å²) in [7, 11) is 1.68. The third kappa shape index (κ3) is 5.09. The largest absolute Gasteiger partial charge is 0.497 e. The second kappa shape index (κ2) is 9.59. The lowest BCUT2D eigenvalue weighted by Gasteiger charge is -2.05. The highest BCUT2D eigenvalue weighted by atomic mass is 16.5. The van der Waals surface area contributed by atoms with Gasteiger partial charge in [-0.3, -0.25) is 0 Å². The van der Waals surface area contributed by atoms with Crippen LogP contribution in [0.5, 0.6) is 11.5 Å². The van der Waals surface area contributed by atoms with Crippen molar-refractivity contribution in [2.24, 2.45) is 0 Å². The van der Waals surface area contributed by atoms with E-state index < -0.39 is 0 Å². The van der Waals surface area contributed by atoms with Crippen LogP contribution < -0.4 is 9.47 Å². The molecule has 0 radical (unpaired) electrons. The lowest BCUT2D eigenvalue weighted by atomic mass is 10.1. The van der Waals surface area contributed by atoms with Gasteiger partial charge in [-0.05, 0) is 57.9 Å². The van der Waals surface area contributed by atoms with Gasteiger partial charge in [-0.1, -0.05) is 78.9 Å². The van der Waals surface area contributed by atoms with Crippen molar-refractivity contribution in [1.29, 1.82) is 0 Å². The lowest BCUT2D eigenvalue weighted by molar-refractivity contribution is 0.0735. The lowest BCUT2D eigenvalue weighted by Crippen LogP contribution is -2.07. The normalized spacial score (nSPS) is 10.2. The maximum atomic E-state index is 11.9. The fraction of sp³-hybridized carbons (Fsp3) is 0.0357. The van der Waals surface area contributed by atoms with Crippen LogP contribution in [0.2, 0.25) is 0 Å². The smallest absolute Gasteiger partial charge is 0.343 e. The van der Waals surface area contributed by atoms with Gasteiger partial charge in [0.15, 0.2) is 0 Å². The van der Waals surface area contributed by atoms with Crippen LogP contribution in [0.1, 0.15) is 10.4 Å². The number of benzene rings is 5. The Kier molecular flexibility index (Phi) is 6.24. The zero-order chi connectivity index (χ0) is 21.5. The van der Waals surface area contributed by atoms with Crippen molar-refractivity contribution >= 4 is 27.5 Å². The van der Waals surface area contributed by atoms with E-state index in [-0.39, 0.29) is 5.97 Å². The molecule has 0 aliphatic carbocycles. The molecule has 0 fully saturated rings. The summed E-state index contributed by atoms with van der Waals surface area (Å²) >= 11 is 0. The van der Waals surface area contributed by atoms with E-state index in [1.165, 1.54) is 10.8 Å². The van der Waals surface area contributed by atoms with Crippen LogP contribution in [0.15, 0.2) is 115 Å². The summed E-state index contributed by atoms with van der Waals surface area (Å²) in [5.74, 6) is 1.14. The van der Waals surface area contributed by atoms with Gasteiger partial charge in [0.2, 0.25) is 0 Å². The molecule has 3 nitrogen and oxygen atoms in total. The van der Waals surface area contributed by atoms with Crippen molar-refractivity contribution in [3.8, 4) is 11.5 Å². The summed E-state index contributed by atoms with van der Waals surface area (Å²) < 4.78 is 10.5. The van der Waals surface area contributed by atoms with E-state index in [4.69, 9.17) is 9.47 Å². The summed E-state index contributed by atoms with van der Waals surface area (Å²) in [6.07, 6.45) is 0. The van der Waals surface area contributed by atoms with E-state index in [0.717, 1.165) is 16.5 Å². The van der Waals surface area contributed by atoms with Gasteiger partial charge >= 0.3 is 5.97 Å². The Morgan fingerprint density at radius 1 is 0.548 bits per heavy atom. The monoisotopic (exact) mass is 406 g/mol. The zero-order valence-electron chi connectivity index (χ0n) is 17.2. The molecule has 0 saturated carbocycles. The molecule has 152 valence electrons. The standard InChI is InChI=1S/C17H12O2.C11H10O/c18-17(14-7-2-1-3-8-14)19-16-11-10-13-6-4-5-9-15(13)12-16;1-12-11-7-6-9-4-2-3-5-10(9)8-11/h1-12H;2-8H,1H3. The molecular weight excluding hydrogens is 384 g/mol. The van der Waals surface area contributed by atoms with Gasteiger partial charge < -0.3 is 9.47 Å². The topological polar surface area (TPSA) is 35.5 Å². The minimum absolute atomic E-state index is 0.337. The molecule has 5 aromatic carbocycles. The van der Waals surface area contributed by atoms with Crippen LogP contribution in [0.4, 0.5) is 0 Å². The predicted octanol–water partition coefficient (Wildman–Crippen LogP) is 6.91. The molecule has 31 heavy (non-hydrogen) atoms. The minimum Gasteiger partial charge on any atom is -0.497 e.